The van der Waals surface area contributed by atoms with Crippen LogP contribution in [0.1, 0.15) is 13.3 Å². The fourth-order valence-electron chi connectivity index (χ4n) is 2.85. The highest BCUT2D eigenvalue weighted by Crippen LogP contribution is 2.29. The lowest BCUT2D eigenvalue weighted by atomic mass is 10.1. The van der Waals surface area contributed by atoms with Gasteiger partial charge in [-0.3, -0.25) is 9.69 Å². The number of esters is 1. The first-order chi connectivity index (χ1) is 10.4. The van der Waals surface area contributed by atoms with Gasteiger partial charge in [0, 0.05) is 32.6 Å². The quantitative estimate of drug-likeness (QED) is 0.759. The summed E-state index contributed by atoms with van der Waals surface area (Å²) in [4.78, 5) is 13.8. The zero-order valence-electron chi connectivity index (χ0n) is 12.1. The first-order valence-electron chi connectivity index (χ1n) is 7.08. The van der Waals surface area contributed by atoms with Gasteiger partial charge in [0.15, 0.2) is 0 Å². The Bertz CT molecular complexity index is 667. The molecular weight excluding hydrogens is 348 g/mol. The van der Waals surface area contributed by atoms with Crippen molar-refractivity contribution in [2.45, 2.75) is 29.7 Å². The molecule has 2 aliphatic heterocycles. The molecule has 0 radical (unpaired) electrons. The van der Waals surface area contributed by atoms with Crippen molar-refractivity contribution >= 4 is 38.9 Å². The molecule has 2 saturated heterocycles. The van der Waals surface area contributed by atoms with Gasteiger partial charge in [0.05, 0.1) is 4.34 Å². The van der Waals surface area contributed by atoms with E-state index in [4.69, 9.17) is 16.3 Å². The number of carbonyl (C=O) groups is 1. The van der Waals surface area contributed by atoms with Gasteiger partial charge in [0.25, 0.3) is 10.0 Å². The summed E-state index contributed by atoms with van der Waals surface area (Å²) >= 11 is 6.88. The molecule has 1 aromatic rings. The van der Waals surface area contributed by atoms with Gasteiger partial charge in [-0.25, -0.2) is 8.42 Å². The largest absolute Gasteiger partial charge is 0.461 e. The summed E-state index contributed by atoms with van der Waals surface area (Å²) < 4.78 is 32.4. The third-order valence-corrected chi connectivity index (χ3v) is 7.60. The average Bonchev–Trinajstić information content (AvgIpc) is 3.05. The SMILES string of the molecule is CC1CC(N2CCN(S(=O)(=O)c3ccc(Cl)s3)CC2)C(=O)O1. The van der Waals surface area contributed by atoms with Gasteiger partial charge in [-0.1, -0.05) is 11.6 Å². The van der Waals surface area contributed by atoms with Crippen molar-refractivity contribution in [3.05, 3.63) is 16.5 Å². The number of nitrogens with zero attached hydrogens (tertiary/aromatic N) is 2. The van der Waals surface area contributed by atoms with E-state index in [9.17, 15) is 13.2 Å². The second kappa shape index (κ2) is 6.09. The van der Waals surface area contributed by atoms with Gasteiger partial charge >= 0.3 is 5.97 Å². The Morgan fingerprint density at radius 2 is 1.95 bits per heavy atom. The Hall–Kier alpha value is -0.670. The number of sulfonamides is 1. The van der Waals surface area contributed by atoms with Crippen LogP contribution < -0.4 is 0 Å². The minimum absolute atomic E-state index is 0.0625. The smallest absolute Gasteiger partial charge is 0.323 e. The number of halogens is 1. The number of cyclic esters (lactones) is 1. The van der Waals surface area contributed by atoms with E-state index >= 15 is 0 Å². The number of rotatable bonds is 3. The molecule has 2 aliphatic rings. The topological polar surface area (TPSA) is 66.9 Å². The summed E-state index contributed by atoms with van der Waals surface area (Å²) in [5.74, 6) is -0.200. The second-order valence-corrected chi connectivity index (χ2v) is 9.38. The standard InChI is InChI=1S/C13H17ClN2O4S2/c1-9-8-10(13(17)20-9)15-4-6-16(7-5-15)22(18,19)12-3-2-11(14)21-12/h2-3,9-10H,4-8H2,1H3. The predicted molar refractivity (Wildman–Crippen MR) is 83.6 cm³/mol. The Kier molecular flexibility index (Phi) is 4.48. The molecule has 6 nitrogen and oxygen atoms in total. The molecule has 1 aromatic heterocycles. The van der Waals surface area contributed by atoms with E-state index in [1.54, 1.807) is 6.07 Å². The molecule has 0 bridgehead atoms. The van der Waals surface area contributed by atoms with Gasteiger partial charge in [-0.2, -0.15) is 4.31 Å². The molecule has 3 rings (SSSR count). The van der Waals surface area contributed by atoms with Crippen molar-refractivity contribution in [3.63, 3.8) is 0 Å². The molecule has 122 valence electrons. The molecule has 22 heavy (non-hydrogen) atoms. The molecule has 0 aliphatic carbocycles. The van der Waals surface area contributed by atoms with Crippen LogP contribution in [0.25, 0.3) is 0 Å². The molecule has 0 N–H and O–H groups in total. The van der Waals surface area contributed by atoms with Crippen LogP contribution in [0.3, 0.4) is 0 Å². The van der Waals surface area contributed by atoms with Crippen molar-refractivity contribution in [1.29, 1.82) is 0 Å². The fourth-order valence-corrected chi connectivity index (χ4v) is 5.91. The normalized spacial score (nSPS) is 28.0. The van der Waals surface area contributed by atoms with Crippen LogP contribution in [-0.2, 0) is 19.6 Å². The molecule has 0 saturated carbocycles. The van der Waals surface area contributed by atoms with E-state index in [-0.39, 0.29) is 22.3 Å². The molecule has 3 heterocycles. The van der Waals surface area contributed by atoms with Crippen molar-refractivity contribution in [3.8, 4) is 0 Å². The molecular formula is C13H17ClN2O4S2. The van der Waals surface area contributed by atoms with E-state index < -0.39 is 10.0 Å². The second-order valence-electron chi connectivity index (χ2n) is 5.50. The average molecular weight is 365 g/mol. The highest BCUT2D eigenvalue weighted by atomic mass is 35.5. The summed E-state index contributed by atoms with van der Waals surface area (Å²) in [6.07, 6.45) is 0.610. The highest BCUT2D eigenvalue weighted by Gasteiger charge is 2.39. The summed E-state index contributed by atoms with van der Waals surface area (Å²) in [5, 5.41) is 0. The van der Waals surface area contributed by atoms with Crippen LogP contribution in [0.4, 0.5) is 0 Å². The number of hydrogen-bond acceptors (Lipinski definition) is 6. The predicted octanol–water partition coefficient (Wildman–Crippen LogP) is 1.41. The van der Waals surface area contributed by atoms with Gasteiger partial charge in [0.2, 0.25) is 0 Å². The third-order valence-electron chi connectivity index (χ3n) is 4.00. The van der Waals surface area contributed by atoms with Crippen LogP contribution in [0.15, 0.2) is 16.3 Å². The third kappa shape index (κ3) is 3.03. The minimum atomic E-state index is -3.49. The van der Waals surface area contributed by atoms with Gasteiger partial charge in [-0.15, -0.1) is 11.3 Å². The molecule has 9 heteroatoms. The number of hydrogen-bond donors (Lipinski definition) is 0. The van der Waals surface area contributed by atoms with Crippen molar-refractivity contribution in [2.24, 2.45) is 0 Å². The monoisotopic (exact) mass is 364 g/mol. The van der Waals surface area contributed by atoms with Crippen LogP contribution >= 0.6 is 22.9 Å². The summed E-state index contributed by atoms with van der Waals surface area (Å²) in [7, 11) is -3.49. The lowest BCUT2D eigenvalue weighted by Crippen LogP contribution is -2.52. The van der Waals surface area contributed by atoms with E-state index in [1.165, 1.54) is 10.4 Å². The van der Waals surface area contributed by atoms with Crippen LogP contribution in [0, 0.1) is 0 Å². The van der Waals surface area contributed by atoms with Gasteiger partial charge in [0.1, 0.15) is 16.4 Å². The van der Waals surface area contributed by atoms with Crippen molar-refractivity contribution < 1.29 is 17.9 Å². The van der Waals surface area contributed by atoms with Crippen LogP contribution in [-0.4, -0.2) is 61.9 Å². The Morgan fingerprint density at radius 1 is 1.27 bits per heavy atom. The summed E-state index contributed by atoms with van der Waals surface area (Å²) in [5.41, 5.74) is 0. The molecule has 0 amide bonds. The first kappa shape index (κ1) is 16.2. The van der Waals surface area contributed by atoms with E-state index in [2.05, 4.69) is 0 Å². The maximum atomic E-state index is 12.5. The Balaban J connectivity index is 1.66. The highest BCUT2D eigenvalue weighted by molar-refractivity contribution is 7.91. The van der Waals surface area contributed by atoms with Crippen molar-refractivity contribution in [1.82, 2.24) is 9.21 Å². The van der Waals surface area contributed by atoms with Crippen LogP contribution in [0.5, 0.6) is 0 Å². The number of carbonyl (C=O) groups excluding carboxylic acids is 1. The van der Waals surface area contributed by atoms with Crippen molar-refractivity contribution in [2.75, 3.05) is 26.2 Å². The Labute approximate surface area is 138 Å². The molecule has 2 unspecified atom stereocenters. The summed E-state index contributed by atoms with van der Waals surface area (Å²) in [6.45, 7) is 3.68. The fraction of sp³-hybridized carbons (Fsp3) is 0.615. The maximum absolute atomic E-state index is 12.5. The summed E-state index contributed by atoms with van der Waals surface area (Å²) in [6, 6.07) is 2.88. The van der Waals surface area contributed by atoms with Crippen LogP contribution in [0.2, 0.25) is 4.34 Å². The lowest BCUT2D eigenvalue weighted by molar-refractivity contribution is -0.145. The number of piperazine rings is 1. The zero-order chi connectivity index (χ0) is 15.9. The Morgan fingerprint density at radius 3 is 2.45 bits per heavy atom. The lowest BCUT2D eigenvalue weighted by Gasteiger charge is -2.35. The molecule has 0 aromatic carbocycles. The zero-order valence-corrected chi connectivity index (χ0v) is 14.5. The molecule has 2 atom stereocenters. The minimum Gasteiger partial charge on any atom is -0.461 e. The van der Waals surface area contributed by atoms with Gasteiger partial charge < -0.3 is 4.74 Å². The first-order valence-corrected chi connectivity index (χ1v) is 9.71. The van der Waals surface area contributed by atoms with Gasteiger partial charge in [-0.05, 0) is 19.1 Å². The molecule has 0 spiro atoms. The molecule has 2 fully saturated rings. The number of thiophene rings is 1. The number of ether oxygens (including phenoxy) is 1. The maximum Gasteiger partial charge on any atom is 0.323 e. The van der Waals surface area contributed by atoms with E-state index in [0.717, 1.165) is 11.3 Å². The van der Waals surface area contributed by atoms with E-state index in [1.807, 2.05) is 11.8 Å². The van der Waals surface area contributed by atoms with E-state index in [0.29, 0.717) is 36.9 Å².